The molecule has 1 aliphatic heterocycles. The minimum Gasteiger partial charge on any atom is -0.388 e. The van der Waals surface area contributed by atoms with Crippen LogP contribution in [0.1, 0.15) is 40.0 Å². The van der Waals surface area contributed by atoms with Gasteiger partial charge in [-0.1, -0.05) is 20.8 Å². The van der Waals surface area contributed by atoms with Gasteiger partial charge >= 0.3 is 0 Å². The Hall–Kier alpha value is -1.18. The monoisotopic (exact) mass is 342 g/mol. The highest BCUT2D eigenvalue weighted by molar-refractivity contribution is 5.79. The van der Waals surface area contributed by atoms with Crippen LogP contribution in [-0.2, 0) is 19.1 Å². The van der Waals surface area contributed by atoms with Gasteiger partial charge in [0.15, 0.2) is 0 Å². The Kier molecular flexibility index (Phi) is 7.01. The fourth-order valence-electron chi connectivity index (χ4n) is 2.95. The number of nitrogens with one attached hydrogen (secondary N) is 2. The fraction of sp³-hybridized carbons (Fsp3) is 0.882. The summed E-state index contributed by atoms with van der Waals surface area (Å²) in [5.74, 6) is -0.358. The zero-order valence-electron chi connectivity index (χ0n) is 14.8. The number of amides is 2. The van der Waals surface area contributed by atoms with Crippen LogP contribution >= 0.6 is 0 Å². The lowest BCUT2D eigenvalue weighted by atomic mass is 10.1. The lowest BCUT2D eigenvalue weighted by Crippen LogP contribution is -2.45. The van der Waals surface area contributed by atoms with E-state index in [1.807, 2.05) is 20.8 Å². The summed E-state index contributed by atoms with van der Waals surface area (Å²) < 4.78 is 11.0. The van der Waals surface area contributed by atoms with Crippen molar-refractivity contribution in [2.75, 3.05) is 19.8 Å². The van der Waals surface area contributed by atoms with Gasteiger partial charge in [-0.2, -0.15) is 0 Å². The molecule has 2 amide bonds. The quantitative estimate of drug-likeness (QED) is 0.614. The van der Waals surface area contributed by atoms with E-state index >= 15 is 0 Å². The highest BCUT2D eigenvalue weighted by atomic mass is 16.5. The molecule has 0 radical (unpaired) electrons. The second kappa shape index (κ2) is 8.78. The maximum atomic E-state index is 12.1. The second-order valence-corrected chi connectivity index (χ2v) is 7.25. The van der Waals surface area contributed by atoms with E-state index in [1.54, 1.807) is 0 Å². The first-order valence-electron chi connectivity index (χ1n) is 8.85. The molecule has 0 aromatic heterocycles. The first kappa shape index (κ1) is 19.1. The van der Waals surface area contributed by atoms with Crippen molar-refractivity contribution >= 4 is 11.8 Å². The van der Waals surface area contributed by atoms with E-state index in [4.69, 9.17) is 9.47 Å². The van der Waals surface area contributed by atoms with Gasteiger partial charge < -0.3 is 25.2 Å². The molecule has 1 saturated carbocycles. The van der Waals surface area contributed by atoms with Crippen molar-refractivity contribution in [2.45, 2.75) is 64.3 Å². The molecule has 1 aliphatic carbocycles. The molecule has 1 unspecified atom stereocenters. The molecule has 2 rings (SSSR count). The fourth-order valence-corrected chi connectivity index (χ4v) is 2.95. The standard InChI is InChI=1S/C17H30N2O5/c1-10(2)16(21)18-12-4-5-13(6-12)24-7-11(3)17(22)19-14-8-23-9-15(14)20/h10-15,20H,4-9H2,1-3H3,(H,18,21)(H,19,22)/t11?,12-,13-,14-,15+/m1/s1. The highest BCUT2D eigenvalue weighted by Gasteiger charge is 2.30. The summed E-state index contributed by atoms with van der Waals surface area (Å²) in [6.07, 6.45) is 2.05. The van der Waals surface area contributed by atoms with Crippen molar-refractivity contribution in [1.29, 1.82) is 0 Å². The van der Waals surface area contributed by atoms with E-state index in [2.05, 4.69) is 10.6 Å². The highest BCUT2D eigenvalue weighted by Crippen LogP contribution is 2.23. The predicted molar refractivity (Wildman–Crippen MR) is 88.3 cm³/mol. The molecule has 0 bridgehead atoms. The third-order valence-electron chi connectivity index (χ3n) is 4.66. The van der Waals surface area contributed by atoms with Crippen molar-refractivity contribution in [3.63, 3.8) is 0 Å². The van der Waals surface area contributed by atoms with Gasteiger partial charge in [-0.25, -0.2) is 0 Å². The van der Waals surface area contributed by atoms with Gasteiger partial charge in [0.2, 0.25) is 11.8 Å². The molecule has 3 N–H and O–H groups in total. The number of hydrogen-bond donors (Lipinski definition) is 3. The zero-order chi connectivity index (χ0) is 17.7. The molecule has 138 valence electrons. The summed E-state index contributed by atoms with van der Waals surface area (Å²) in [5, 5.41) is 15.5. The van der Waals surface area contributed by atoms with Gasteiger partial charge in [0, 0.05) is 12.0 Å². The number of aliphatic hydroxyl groups is 1. The van der Waals surface area contributed by atoms with E-state index in [9.17, 15) is 14.7 Å². The Morgan fingerprint density at radius 3 is 2.54 bits per heavy atom. The van der Waals surface area contributed by atoms with E-state index in [1.165, 1.54) is 0 Å². The molecule has 7 nitrogen and oxygen atoms in total. The molecule has 2 aliphatic rings. The van der Waals surface area contributed by atoms with Gasteiger partial charge in [-0.3, -0.25) is 9.59 Å². The maximum absolute atomic E-state index is 12.1. The zero-order valence-corrected chi connectivity index (χ0v) is 14.8. The van der Waals surface area contributed by atoms with Crippen LogP contribution in [0.4, 0.5) is 0 Å². The average Bonchev–Trinajstić information content (AvgIpc) is 3.14. The number of rotatable bonds is 7. The van der Waals surface area contributed by atoms with E-state index < -0.39 is 6.10 Å². The van der Waals surface area contributed by atoms with Crippen molar-refractivity contribution in [1.82, 2.24) is 10.6 Å². The van der Waals surface area contributed by atoms with Gasteiger partial charge in [0.1, 0.15) is 0 Å². The van der Waals surface area contributed by atoms with Crippen LogP contribution in [0.3, 0.4) is 0 Å². The number of hydrogen-bond acceptors (Lipinski definition) is 5. The molecule has 0 aromatic carbocycles. The normalized spacial score (nSPS) is 31.2. The van der Waals surface area contributed by atoms with Crippen LogP contribution in [0.15, 0.2) is 0 Å². The number of aliphatic hydroxyl groups excluding tert-OH is 1. The summed E-state index contributed by atoms with van der Waals surface area (Å²) in [5.41, 5.74) is 0. The summed E-state index contributed by atoms with van der Waals surface area (Å²) in [7, 11) is 0. The van der Waals surface area contributed by atoms with Gasteiger partial charge in [-0.05, 0) is 19.3 Å². The van der Waals surface area contributed by atoms with Crippen LogP contribution in [0, 0.1) is 11.8 Å². The molecule has 2 fully saturated rings. The maximum Gasteiger partial charge on any atom is 0.225 e. The average molecular weight is 342 g/mol. The Balaban J connectivity index is 1.66. The van der Waals surface area contributed by atoms with Crippen LogP contribution in [0.5, 0.6) is 0 Å². The van der Waals surface area contributed by atoms with E-state index in [0.29, 0.717) is 13.2 Å². The molecule has 0 aromatic rings. The van der Waals surface area contributed by atoms with Crippen molar-refractivity contribution < 1.29 is 24.2 Å². The Bertz CT molecular complexity index is 443. The largest absolute Gasteiger partial charge is 0.388 e. The van der Waals surface area contributed by atoms with Crippen LogP contribution < -0.4 is 10.6 Å². The van der Waals surface area contributed by atoms with Crippen molar-refractivity contribution in [3.8, 4) is 0 Å². The first-order chi connectivity index (χ1) is 11.4. The summed E-state index contributed by atoms with van der Waals surface area (Å²) >= 11 is 0. The Morgan fingerprint density at radius 2 is 1.92 bits per heavy atom. The predicted octanol–water partition coefficient (Wildman–Crippen LogP) is 0.208. The summed E-state index contributed by atoms with van der Waals surface area (Å²) in [6.45, 7) is 6.52. The summed E-state index contributed by atoms with van der Waals surface area (Å²) in [6, 6.07) is -0.165. The smallest absolute Gasteiger partial charge is 0.225 e. The van der Waals surface area contributed by atoms with Gasteiger partial charge in [0.25, 0.3) is 0 Å². The molecule has 1 heterocycles. The molecule has 24 heavy (non-hydrogen) atoms. The SMILES string of the molecule is CC(C)C(=O)N[C@@H]1CC[C@@H](OCC(C)C(=O)N[C@@H]2COC[C@@H]2O)C1. The topological polar surface area (TPSA) is 96.9 Å². The van der Waals surface area contributed by atoms with Crippen molar-refractivity contribution in [3.05, 3.63) is 0 Å². The van der Waals surface area contributed by atoms with Crippen LogP contribution in [0.25, 0.3) is 0 Å². The van der Waals surface area contributed by atoms with E-state index in [-0.39, 0.29) is 48.4 Å². The summed E-state index contributed by atoms with van der Waals surface area (Å²) in [4.78, 5) is 23.8. The van der Waals surface area contributed by atoms with Gasteiger partial charge in [0.05, 0.1) is 44.0 Å². The molecule has 0 spiro atoms. The molecule has 7 heteroatoms. The number of carbonyl (C=O) groups excluding carboxylic acids is 2. The Morgan fingerprint density at radius 1 is 1.17 bits per heavy atom. The molecular weight excluding hydrogens is 312 g/mol. The van der Waals surface area contributed by atoms with Crippen LogP contribution in [-0.4, -0.2) is 61.0 Å². The third-order valence-corrected chi connectivity index (χ3v) is 4.66. The second-order valence-electron chi connectivity index (χ2n) is 7.25. The lowest BCUT2D eigenvalue weighted by molar-refractivity contribution is -0.128. The minimum absolute atomic E-state index is 0.0106. The lowest BCUT2D eigenvalue weighted by Gasteiger charge is -2.20. The molecular formula is C17H30N2O5. The number of ether oxygens (including phenoxy) is 2. The van der Waals surface area contributed by atoms with E-state index in [0.717, 1.165) is 19.3 Å². The first-order valence-corrected chi connectivity index (χ1v) is 8.85. The third kappa shape index (κ3) is 5.43. The number of carbonyl (C=O) groups is 2. The van der Waals surface area contributed by atoms with Gasteiger partial charge in [-0.15, -0.1) is 0 Å². The van der Waals surface area contributed by atoms with Crippen molar-refractivity contribution in [2.24, 2.45) is 11.8 Å². The molecule has 1 saturated heterocycles. The van der Waals surface area contributed by atoms with Crippen LogP contribution in [0.2, 0.25) is 0 Å². The molecule has 5 atom stereocenters. The minimum atomic E-state index is -0.637. The Labute approximate surface area is 143 Å².